The van der Waals surface area contributed by atoms with Crippen LogP contribution >= 0.6 is 24.8 Å². The number of carbonyl (C=O) groups is 1. The average Bonchev–Trinajstić information content (AvgIpc) is 3.00. The molecule has 2 heterocycles. The Bertz CT molecular complexity index is 651. The Labute approximate surface area is 154 Å². The molecule has 5 nitrogen and oxygen atoms in total. The van der Waals surface area contributed by atoms with Crippen molar-refractivity contribution >= 4 is 30.7 Å². The van der Waals surface area contributed by atoms with Crippen LogP contribution in [0.2, 0.25) is 0 Å². The number of nitrogens with zero attached hydrogens (tertiary/aromatic N) is 3. The normalized spacial score (nSPS) is 19.3. The van der Waals surface area contributed by atoms with Gasteiger partial charge in [0.15, 0.2) is 0 Å². The second kappa shape index (κ2) is 8.97. The zero-order valence-corrected chi connectivity index (χ0v) is 15.1. The molecule has 7 heteroatoms. The third-order valence-electron chi connectivity index (χ3n) is 4.26. The minimum absolute atomic E-state index is 0. The molecule has 1 aromatic heterocycles. The van der Waals surface area contributed by atoms with E-state index in [0.717, 1.165) is 5.69 Å². The van der Waals surface area contributed by atoms with Crippen LogP contribution in [0.15, 0.2) is 42.7 Å². The van der Waals surface area contributed by atoms with Crippen LogP contribution in [0.25, 0.3) is 0 Å². The predicted molar refractivity (Wildman–Crippen MR) is 98.9 cm³/mol. The van der Waals surface area contributed by atoms with Crippen molar-refractivity contribution in [1.29, 1.82) is 0 Å². The Morgan fingerprint density at radius 1 is 1.17 bits per heavy atom. The quantitative estimate of drug-likeness (QED) is 0.902. The van der Waals surface area contributed by atoms with Gasteiger partial charge in [-0.1, -0.05) is 30.3 Å². The zero-order chi connectivity index (χ0) is 15.5. The molecule has 2 aromatic rings. The van der Waals surface area contributed by atoms with E-state index in [-0.39, 0.29) is 42.6 Å². The Morgan fingerprint density at radius 2 is 1.88 bits per heavy atom. The summed E-state index contributed by atoms with van der Waals surface area (Å²) in [6, 6.07) is 10.3. The van der Waals surface area contributed by atoms with Crippen LogP contribution < -0.4 is 5.73 Å². The molecule has 0 aliphatic carbocycles. The van der Waals surface area contributed by atoms with Crippen LogP contribution in [0.3, 0.4) is 0 Å². The molecule has 1 aromatic carbocycles. The Hall–Kier alpha value is -1.69. The van der Waals surface area contributed by atoms with Gasteiger partial charge in [-0.3, -0.25) is 9.78 Å². The molecular formula is C17H22Cl2N4O. The molecule has 1 fully saturated rings. The standard InChI is InChI=1S/C17H20N4O.2ClH/c1-12-8-20-16(9-19-12)17(22)21-10-14(7-18)15(11-21)13-5-3-2-4-6-13;;/h2-6,8-9,14-15H,7,10-11,18H2,1H3;2*1H/t14-,15+;;/m1../s1. The minimum Gasteiger partial charge on any atom is -0.336 e. The van der Waals surface area contributed by atoms with E-state index in [9.17, 15) is 4.79 Å². The van der Waals surface area contributed by atoms with Gasteiger partial charge in [-0.15, -0.1) is 24.8 Å². The van der Waals surface area contributed by atoms with E-state index in [1.54, 1.807) is 12.4 Å². The van der Waals surface area contributed by atoms with Gasteiger partial charge in [-0.2, -0.15) is 0 Å². The summed E-state index contributed by atoms with van der Waals surface area (Å²) in [7, 11) is 0. The highest BCUT2D eigenvalue weighted by atomic mass is 35.5. The molecule has 1 aliphatic heterocycles. The second-order valence-electron chi connectivity index (χ2n) is 5.77. The van der Waals surface area contributed by atoms with Gasteiger partial charge in [0, 0.05) is 25.2 Å². The van der Waals surface area contributed by atoms with Crippen molar-refractivity contribution in [3.05, 3.63) is 59.7 Å². The second-order valence-corrected chi connectivity index (χ2v) is 5.77. The van der Waals surface area contributed by atoms with Gasteiger partial charge in [-0.25, -0.2) is 4.98 Å². The molecule has 0 radical (unpaired) electrons. The maximum absolute atomic E-state index is 12.6. The van der Waals surface area contributed by atoms with Gasteiger partial charge in [0.25, 0.3) is 5.91 Å². The fraction of sp³-hybridized carbons (Fsp3) is 0.353. The number of halogens is 2. The lowest BCUT2D eigenvalue weighted by Crippen LogP contribution is -2.30. The lowest BCUT2D eigenvalue weighted by Gasteiger charge is -2.16. The smallest absolute Gasteiger partial charge is 0.274 e. The summed E-state index contributed by atoms with van der Waals surface area (Å²) < 4.78 is 0. The number of hydrogen-bond acceptors (Lipinski definition) is 4. The number of aryl methyl sites for hydroxylation is 1. The number of nitrogens with two attached hydrogens (primary N) is 1. The van der Waals surface area contributed by atoms with Gasteiger partial charge in [0.2, 0.25) is 0 Å². The predicted octanol–water partition coefficient (Wildman–Crippen LogP) is 2.44. The van der Waals surface area contributed by atoms with Crippen molar-refractivity contribution in [2.24, 2.45) is 11.7 Å². The average molecular weight is 369 g/mol. The third-order valence-corrected chi connectivity index (χ3v) is 4.26. The monoisotopic (exact) mass is 368 g/mol. The summed E-state index contributed by atoms with van der Waals surface area (Å²) in [6.07, 6.45) is 3.17. The van der Waals surface area contributed by atoms with E-state index in [4.69, 9.17) is 5.73 Å². The van der Waals surface area contributed by atoms with E-state index in [2.05, 4.69) is 22.1 Å². The first kappa shape index (κ1) is 20.4. The number of benzene rings is 1. The zero-order valence-electron chi connectivity index (χ0n) is 13.5. The highest BCUT2D eigenvalue weighted by molar-refractivity contribution is 5.92. The molecule has 24 heavy (non-hydrogen) atoms. The van der Waals surface area contributed by atoms with E-state index in [0.29, 0.717) is 25.3 Å². The van der Waals surface area contributed by atoms with Crippen LogP contribution in [-0.2, 0) is 0 Å². The number of rotatable bonds is 3. The molecule has 1 amide bonds. The molecule has 1 saturated heterocycles. The molecule has 0 spiro atoms. The molecule has 3 rings (SSSR count). The fourth-order valence-electron chi connectivity index (χ4n) is 3.02. The largest absolute Gasteiger partial charge is 0.336 e. The Kier molecular flexibility index (Phi) is 7.60. The summed E-state index contributed by atoms with van der Waals surface area (Å²) in [5.74, 6) is 0.502. The molecule has 1 aliphatic rings. The molecule has 0 unspecified atom stereocenters. The maximum Gasteiger partial charge on any atom is 0.274 e. The molecular weight excluding hydrogens is 347 g/mol. The van der Waals surface area contributed by atoms with Crippen molar-refractivity contribution in [2.75, 3.05) is 19.6 Å². The third kappa shape index (κ3) is 4.23. The van der Waals surface area contributed by atoms with Crippen molar-refractivity contribution < 1.29 is 4.79 Å². The first-order valence-corrected chi connectivity index (χ1v) is 7.52. The SMILES string of the molecule is Cc1cnc(C(=O)N2C[C@@H](CN)[C@H](c3ccccc3)C2)cn1.Cl.Cl. The van der Waals surface area contributed by atoms with Crippen molar-refractivity contribution in [3.8, 4) is 0 Å². The van der Waals surface area contributed by atoms with Gasteiger partial charge < -0.3 is 10.6 Å². The van der Waals surface area contributed by atoms with Gasteiger partial charge >= 0.3 is 0 Å². The Balaban J connectivity index is 0.00000144. The van der Waals surface area contributed by atoms with E-state index in [1.165, 1.54) is 5.56 Å². The van der Waals surface area contributed by atoms with E-state index in [1.807, 2.05) is 30.0 Å². The fourth-order valence-corrected chi connectivity index (χ4v) is 3.02. The van der Waals surface area contributed by atoms with Crippen LogP contribution in [0.4, 0.5) is 0 Å². The number of hydrogen-bond donors (Lipinski definition) is 1. The molecule has 2 atom stereocenters. The van der Waals surface area contributed by atoms with Crippen molar-refractivity contribution in [1.82, 2.24) is 14.9 Å². The van der Waals surface area contributed by atoms with Crippen LogP contribution in [0.5, 0.6) is 0 Å². The van der Waals surface area contributed by atoms with Crippen LogP contribution in [0, 0.1) is 12.8 Å². The number of aromatic nitrogens is 2. The van der Waals surface area contributed by atoms with E-state index >= 15 is 0 Å². The summed E-state index contributed by atoms with van der Waals surface area (Å²) in [5, 5.41) is 0. The molecule has 0 saturated carbocycles. The summed E-state index contributed by atoms with van der Waals surface area (Å²) in [6.45, 7) is 3.78. The number of amides is 1. The topological polar surface area (TPSA) is 72.1 Å². The van der Waals surface area contributed by atoms with E-state index < -0.39 is 0 Å². The van der Waals surface area contributed by atoms with Gasteiger partial charge in [-0.05, 0) is 24.9 Å². The summed E-state index contributed by atoms with van der Waals surface area (Å²) in [4.78, 5) is 22.8. The van der Waals surface area contributed by atoms with Crippen molar-refractivity contribution in [3.63, 3.8) is 0 Å². The molecule has 130 valence electrons. The molecule has 2 N–H and O–H groups in total. The summed E-state index contributed by atoms with van der Waals surface area (Å²) in [5.41, 5.74) is 8.36. The molecule has 0 bridgehead atoms. The highest BCUT2D eigenvalue weighted by Crippen LogP contribution is 2.32. The lowest BCUT2D eigenvalue weighted by atomic mass is 9.89. The first-order valence-electron chi connectivity index (χ1n) is 7.52. The number of likely N-dealkylation sites (tertiary alicyclic amines) is 1. The maximum atomic E-state index is 12.6. The van der Waals surface area contributed by atoms with Crippen molar-refractivity contribution in [2.45, 2.75) is 12.8 Å². The lowest BCUT2D eigenvalue weighted by molar-refractivity contribution is 0.0780. The van der Waals surface area contributed by atoms with Gasteiger partial charge in [0.1, 0.15) is 5.69 Å². The van der Waals surface area contributed by atoms with Crippen LogP contribution in [-0.4, -0.2) is 40.4 Å². The van der Waals surface area contributed by atoms with Crippen LogP contribution in [0.1, 0.15) is 27.7 Å². The first-order chi connectivity index (χ1) is 10.7. The highest BCUT2D eigenvalue weighted by Gasteiger charge is 2.35. The Morgan fingerprint density at radius 3 is 2.46 bits per heavy atom. The van der Waals surface area contributed by atoms with Gasteiger partial charge in [0.05, 0.1) is 11.9 Å². The summed E-state index contributed by atoms with van der Waals surface area (Å²) >= 11 is 0. The minimum atomic E-state index is -0.0654. The number of carbonyl (C=O) groups excluding carboxylic acids is 1.